The van der Waals surface area contributed by atoms with Crippen LogP contribution < -0.4 is 0 Å². The Labute approximate surface area is 104 Å². The molecule has 0 aliphatic rings. The largest absolute Gasteiger partial charge is 0.248 e. The van der Waals surface area contributed by atoms with Gasteiger partial charge in [0.15, 0.2) is 5.15 Å². The van der Waals surface area contributed by atoms with Crippen LogP contribution in [0.4, 0.5) is 0 Å². The number of hydrogen-bond acceptors (Lipinski definition) is 4. The molecular formula is C9H5BrClN3S. The molecule has 0 bridgehead atoms. The van der Waals surface area contributed by atoms with E-state index in [2.05, 4.69) is 31.1 Å². The van der Waals surface area contributed by atoms with Gasteiger partial charge in [0.05, 0.1) is 4.47 Å². The van der Waals surface area contributed by atoms with Crippen LogP contribution in [0.2, 0.25) is 5.15 Å². The molecule has 6 heteroatoms. The molecule has 0 N–H and O–H groups in total. The predicted molar refractivity (Wildman–Crippen MR) is 63.1 cm³/mol. The molecule has 2 rings (SSSR count). The molecule has 0 unspecified atom stereocenters. The van der Waals surface area contributed by atoms with Crippen LogP contribution in [0.1, 0.15) is 0 Å². The van der Waals surface area contributed by atoms with Crippen molar-refractivity contribution >= 4 is 39.3 Å². The SMILES string of the molecule is Clc1ccc(Sc2ncccc2Br)nn1. The Morgan fingerprint density at radius 1 is 1.20 bits per heavy atom. The minimum atomic E-state index is 0.388. The molecule has 0 radical (unpaired) electrons. The van der Waals surface area contributed by atoms with E-state index in [0.29, 0.717) is 5.15 Å². The third-order valence-corrected chi connectivity index (χ3v) is 3.58. The maximum Gasteiger partial charge on any atom is 0.151 e. The highest BCUT2D eigenvalue weighted by Gasteiger charge is 2.04. The van der Waals surface area contributed by atoms with Gasteiger partial charge >= 0.3 is 0 Å². The van der Waals surface area contributed by atoms with Gasteiger partial charge < -0.3 is 0 Å². The van der Waals surface area contributed by atoms with Gasteiger partial charge in [0.1, 0.15) is 10.1 Å². The van der Waals surface area contributed by atoms with Crippen molar-refractivity contribution in [2.24, 2.45) is 0 Å². The van der Waals surface area contributed by atoms with E-state index in [1.165, 1.54) is 11.8 Å². The van der Waals surface area contributed by atoms with Gasteiger partial charge in [0, 0.05) is 6.20 Å². The molecule has 3 nitrogen and oxygen atoms in total. The Morgan fingerprint density at radius 2 is 2.07 bits per heavy atom. The van der Waals surface area contributed by atoms with Gasteiger partial charge in [-0.1, -0.05) is 11.6 Å². The first-order valence-corrected chi connectivity index (χ1v) is 6.02. The minimum absolute atomic E-state index is 0.388. The fourth-order valence-corrected chi connectivity index (χ4v) is 2.20. The summed E-state index contributed by atoms with van der Waals surface area (Å²) in [5.41, 5.74) is 0. The monoisotopic (exact) mass is 301 g/mol. The molecule has 76 valence electrons. The third kappa shape index (κ3) is 2.90. The Morgan fingerprint density at radius 3 is 2.73 bits per heavy atom. The molecule has 0 aromatic carbocycles. The molecule has 0 amide bonds. The predicted octanol–water partition coefficient (Wildman–Crippen LogP) is 3.44. The average Bonchev–Trinajstić information content (AvgIpc) is 2.25. The van der Waals surface area contributed by atoms with Crippen LogP contribution in [-0.4, -0.2) is 15.2 Å². The summed E-state index contributed by atoms with van der Waals surface area (Å²) in [5.74, 6) is 0. The van der Waals surface area contributed by atoms with Crippen molar-refractivity contribution in [3.05, 3.63) is 40.1 Å². The number of aromatic nitrogens is 3. The van der Waals surface area contributed by atoms with E-state index < -0.39 is 0 Å². The summed E-state index contributed by atoms with van der Waals surface area (Å²) < 4.78 is 0.937. The van der Waals surface area contributed by atoms with Gasteiger partial charge in [-0.3, -0.25) is 0 Å². The third-order valence-electron chi connectivity index (χ3n) is 1.53. The molecule has 0 saturated heterocycles. The Hall–Kier alpha value is -0.650. The highest BCUT2D eigenvalue weighted by Crippen LogP contribution is 2.29. The maximum atomic E-state index is 5.64. The van der Waals surface area contributed by atoms with Crippen molar-refractivity contribution < 1.29 is 0 Å². The van der Waals surface area contributed by atoms with E-state index in [9.17, 15) is 0 Å². The molecule has 15 heavy (non-hydrogen) atoms. The fourth-order valence-electron chi connectivity index (χ4n) is 0.904. The molecule has 0 atom stereocenters. The molecule has 2 aromatic heterocycles. The normalized spacial score (nSPS) is 10.3. The summed E-state index contributed by atoms with van der Waals surface area (Å²) in [6, 6.07) is 7.30. The second-order valence-electron chi connectivity index (χ2n) is 2.59. The van der Waals surface area contributed by atoms with E-state index in [0.717, 1.165) is 14.5 Å². The second-order valence-corrected chi connectivity index (χ2v) is 4.84. The van der Waals surface area contributed by atoms with Crippen LogP contribution in [-0.2, 0) is 0 Å². The standard InChI is InChI=1S/C9H5BrClN3S/c10-6-2-1-5-12-9(6)15-8-4-3-7(11)13-14-8/h1-5H. The lowest BCUT2D eigenvalue weighted by Crippen LogP contribution is -1.86. The Balaban J connectivity index is 2.22. The number of pyridine rings is 1. The van der Waals surface area contributed by atoms with Crippen molar-refractivity contribution in [2.45, 2.75) is 10.1 Å². The Kier molecular flexibility index (Phi) is 3.56. The van der Waals surface area contributed by atoms with Gasteiger partial charge in [0.2, 0.25) is 0 Å². The highest BCUT2D eigenvalue weighted by molar-refractivity contribution is 9.10. The van der Waals surface area contributed by atoms with Crippen molar-refractivity contribution in [1.29, 1.82) is 0 Å². The van der Waals surface area contributed by atoms with Crippen LogP contribution in [0, 0.1) is 0 Å². The molecule has 0 aliphatic carbocycles. The number of halogens is 2. The second kappa shape index (κ2) is 4.92. The van der Waals surface area contributed by atoms with E-state index in [1.54, 1.807) is 18.3 Å². The van der Waals surface area contributed by atoms with Crippen molar-refractivity contribution in [3.63, 3.8) is 0 Å². The summed E-state index contributed by atoms with van der Waals surface area (Å²) >= 11 is 10.5. The molecule has 2 heterocycles. The van der Waals surface area contributed by atoms with Crippen molar-refractivity contribution in [2.75, 3.05) is 0 Å². The van der Waals surface area contributed by atoms with Gasteiger partial charge in [-0.15, -0.1) is 10.2 Å². The smallest absolute Gasteiger partial charge is 0.151 e. The van der Waals surface area contributed by atoms with Crippen molar-refractivity contribution in [1.82, 2.24) is 15.2 Å². The molecule has 0 aliphatic heterocycles. The first-order chi connectivity index (χ1) is 7.25. The molecule has 0 spiro atoms. The summed E-state index contributed by atoms with van der Waals surface area (Å²) in [5, 5.41) is 9.70. The van der Waals surface area contributed by atoms with E-state index in [4.69, 9.17) is 11.6 Å². The van der Waals surface area contributed by atoms with Crippen LogP contribution in [0.5, 0.6) is 0 Å². The quantitative estimate of drug-likeness (QED) is 0.852. The van der Waals surface area contributed by atoms with Crippen LogP contribution in [0.15, 0.2) is 45.0 Å². The molecular weight excluding hydrogens is 298 g/mol. The van der Waals surface area contributed by atoms with Crippen molar-refractivity contribution in [3.8, 4) is 0 Å². The summed E-state index contributed by atoms with van der Waals surface area (Å²) in [6.07, 6.45) is 1.73. The summed E-state index contributed by atoms with van der Waals surface area (Å²) in [4.78, 5) is 4.21. The van der Waals surface area contributed by atoms with E-state index >= 15 is 0 Å². The van der Waals surface area contributed by atoms with Gasteiger partial charge in [-0.05, 0) is 52.0 Å². The Bertz CT molecular complexity index is 463. The maximum absolute atomic E-state index is 5.64. The van der Waals surface area contributed by atoms with Gasteiger partial charge in [0.25, 0.3) is 0 Å². The average molecular weight is 303 g/mol. The first kappa shape index (κ1) is 10.9. The van der Waals surface area contributed by atoms with E-state index in [1.807, 2.05) is 12.1 Å². The van der Waals surface area contributed by atoms with Crippen LogP contribution in [0.25, 0.3) is 0 Å². The number of rotatable bonds is 2. The lowest BCUT2D eigenvalue weighted by Gasteiger charge is -2.00. The molecule has 2 aromatic rings. The first-order valence-electron chi connectivity index (χ1n) is 4.03. The lowest BCUT2D eigenvalue weighted by atomic mass is 10.5. The van der Waals surface area contributed by atoms with Gasteiger partial charge in [-0.25, -0.2) is 4.98 Å². The molecule has 0 saturated carbocycles. The zero-order valence-corrected chi connectivity index (χ0v) is 10.6. The van der Waals surface area contributed by atoms with Gasteiger partial charge in [-0.2, -0.15) is 0 Å². The zero-order chi connectivity index (χ0) is 10.7. The molecule has 0 fully saturated rings. The zero-order valence-electron chi connectivity index (χ0n) is 7.39. The number of hydrogen-bond donors (Lipinski definition) is 0. The fraction of sp³-hybridized carbons (Fsp3) is 0. The minimum Gasteiger partial charge on any atom is -0.248 e. The number of nitrogens with zero attached hydrogens (tertiary/aromatic N) is 3. The highest BCUT2D eigenvalue weighted by atomic mass is 79.9. The van der Waals surface area contributed by atoms with E-state index in [-0.39, 0.29) is 0 Å². The topological polar surface area (TPSA) is 38.7 Å². The van der Waals surface area contributed by atoms with Crippen LogP contribution >= 0.6 is 39.3 Å². The summed E-state index contributed by atoms with van der Waals surface area (Å²) in [6.45, 7) is 0. The van der Waals surface area contributed by atoms with Crippen LogP contribution in [0.3, 0.4) is 0 Å². The lowest BCUT2D eigenvalue weighted by molar-refractivity contribution is 0.926. The summed E-state index contributed by atoms with van der Waals surface area (Å²) in [7, 11) is 0.